The van der Waals surface area contributed by atoms with Crippen molar-refractivity contribution >= 4 is 36.8 Å². The lowest BCUT2D eigenvalue weighted by Crippen LogP contribution is -2.31. The number of aryl methyl sites for hydroxylation is 1. The monoisotopic (exact) mass is 576 g/mol. The molecule has 6 nitrogen and oxygen atoms in total. The van der Waals surface area contributed by atoms with E-state index < -0.39 is 11.9 Å². The maximum atomic E-state index is 12.7. The Labute approximate surface area is 244 Å². The molecular formula is C31H42Cl2N2O4. The number of rotatable bonds is 10. The van der Waals surface area contributed by atoms with Gasteiger partial charge in [-0.25, -0.2) is 9.59 Å². The van der Waals surface area contributed by atoms with E-state index in [4.69, 9.17) is 0 Å². The third kappa shape index (κ3) is 7.35. The Morgan fingerprint density at radius 3 is 1.87 bits per heavy atom. The number of fused-ring (bicyclic) bond motifs is 3. The van der Waals surface area contributed by atoms with Gasteiger partial charge in [0, 0.05) is 0 Å². The van der Waals surface area contributed by atoms with Crippen LogP contribution < -0.4 is 0 Å². The lowest BCUT2D eigenvalue weighted by molar-refractivity contribution is 0.0684. The molecule has 1 aliphatic carbocycles. The van der Waals surface area contributed by atoms with E-state index in [0.717, 1.165) is 98.3 Å². The number of aromatic carboxylic acids is 2. The number of carbonyl (C=O) groups is 2. The first-order valence-electron chi connectivity index (χ1n) is 14.2. The number of hydrogen-bond acceptors (Lipinski definition) is 4. The molecule has 0 bridgehead atoms. The smallest absolute Gasteiger partial charge is 0.336 e. The summed E-state index contributed by atoms with van der Waals surface area (Å²) in [5.41, 5.74) is 6.96. The summed E-state index contributed by atoms with van der Waals surface area (Å²) < 4.78 is 0. The van der Waals surface area contributed by atoms with Gasteiger partial charge in [-0.1, -0.05) is 18.9 Å². The van der Waals surface area contributed by atoms with E-state index >= 15 is 0 Å². The summed E-state index contributed by atoms with van der Waals surface area (Å²) in [7, 11) is 0. The van der Waals surface area contributed by atoms with E-state index in [0.29, 0.717) is 17.5 Å². The van der Waals surface area contributed by atoms with Crippen LogP contribution in [0.5, 0.6) is 0 Å². The first kappa shape index (κ1) is 31.4. The molecule has 214 valence electrons. The van der Waals surface area contributed by atoms with Crippen LogP contribution in [0.1, 0.15) is 94.3 Å². The lowest BCUT2D eigenvalue weighted by atomic mass is 9.87. The predicted molar refractivity (Wildman–Crippen MR) is 160 cm³/mol. The third-order valence-electron chi connectivity index (χ3n) is 8.57. The molecule has 0 aromatic heterocycles. The second-order valence-electron chi connectivity index (χ2n) is 11.1. The van der Waals surface area contributed by atoms with Crippen LogP contribution in [0.4, 0.5) is 0 Å². The Bertz CT molecular complexity index is 1160. The van der Waals surface area contributed by atoms with E-state index in [1.165, 1.54) is 38.5 Å². The molecule has 2 aliphatic heterocycles. The highest BCUT2D eigenvalue weighted by Gasteiger charge is 2.28. The van der Waals surface area contributed by atoms with Crippen LogP contribution in [-0.2, 0) is 19.3 Å². The summed E-state index contributed by atoms with van der Waals surface area (Å²) in [6.07, 6.45) is 11.7. The summed E-state index contributed by atoms with van der Waals surface area (Å²) >= 11 is 0. The zero-order valence-electron chi connectivity index (χ0n) is 22.8. The molecule has 3 aliphatic rings. The fourth-order valence-corrected chi connectivity index (χ4v) is 6.69. The van der Waals surface area contributed by atoms with E-state index in [2.05, 4.69) is 15.9 Å². The summed E-state index contributed by atoms with van der Waals surface area (Å²) in [5.74, 6) is -1.75. The van der Waals surface area contributed by atoms with Crippen LogP contribution in [0.3, 0.4) is 0 Å². The molecule has 2 N–H and O–H groups in total. The average molecular weight is 578 g/mol. The van der Waals surface area contributed by atoms with Crippen molar-refractivity contribution in [3.63, 3.8) is 0 Å². The molecule has 5 rings (SSSR count). The number of carboxylic acids is 2. The molecule has 8 heteroatoms. The van der Waals surface area contributed by atoms with Gasteiger partial charge in [-0.2, -0.15) is 0 Å². The van der Waals surface area contributed by atoms with E-state index in [9.17, 15) is 19.8 Å². The Hall–Kier alpha value is -2.12. The van der Waals surface area contributed by atoms with Crippen molar-refractivity contribution in [2.75, 3.05) is 39.3 Å². The van der Waals surface area contributed by atoms with Crippen LogP contribution in [-0.4, -0.2) is 71.2 Å². The maximum absolute atomic E-state index is 12.7. The van der Waals surface area contributed by atoms with Gasteiger partial charge in [0.05, 0.1) is 11.1 Å². The van der Waals surface area contributed by atoms with Gasteiger partial charge >= 0.3 is 11.9 Å². The number of likely N-dealkylation sites (tertiary alicyclic amines) is 2. The summed E-state index contributed by atoms with van der Waals surface area (Å²) in [5, 5.41) is 19.9. The summed E-state index contributed by atoms with van der Waals surface area (Å²) in [6.45, 7) is 6.60. The van der Waals surface area contributed by atoms with Gasteiger partial charge in [0.25, 0.3) is 0 Å². The van der Waals surface area contributed by atoms with E-state index in [1.807, 2.05) is 6.07 Å². The molecule has 2 heterocycles. The fraction of sp³-hybridized carbons (Fsp3) is 0.548. The summed E-state index contributed by atoms with van der Waals surface area (Å²) in [4.78, 5) is 29.3. The standard InChI is InChI=1S/C31H40N2O4.2ClH/c34-30(35)23-11-12-25-24(19-23)21-28-26(10-8-18-33-15-5-2-6-16-33)29(31(36)37)22(20-27(25)28)9-7-17-32-13-3-1-4-14-32;;/h11-12,19-20H,1-10,13-18,21H2,(H,34,35)(H,36,37);2*1H. The van der Waals surface area contributed by atoms with Gasteiger partial charge in [0.2, 0.25) is 0 Å². The van der Waals surface area contributed by atoms with E-state index in [1.54, 1.807) is 12.1 Å². The van der Waals surface area contributed by atoms with Gasteiger partial charge in [-0.3, -0.25) is 0 Å². The number of carboxylic acid groups (broad SMARTS) is 2. The molecule has 2 saturated heterocycles. The minimum atomic E-state index is -0.926. The summed E-state index contributed by atoms with van der Waals surface area (Å²) in [6, 6.07) is 7.47. The molecule has 0 unspecified atom stereocenters. The Kier molecular flexibility index (Phi) is 11.7. The minimum Gasteiger partial charge on any atom is -0.478 e. The molecule has 0 spiro atoms. The number of halogens is 2. The Balaban J connectivity index is 0.00000210. The van der Waals surface area contributed by atoms with Gasteiger partial charge in [0.1, 0.15) is 0 Å². The van der Waals surface area contributed by atoms with Crippen molar-refractivity contribution in [2.45, 2.75) is 70.6 Å². The second-order valence-corrected chi connectivity index (χ2v) is 11.1. The molecule has 0 saturated carbocycles. The number of nitrogens with zero attached hydrogens (tertiary/aromatic N) is 2. The number of hydrogen-bond donors (Lipinski definition) is 2. The largest absolute Gasteiger partial charge is 0.478 e. The van der Waals surface area contributed by atoms with Gasteiger partial charge in [-0.05, 0) is 149 Å². The zero-order chi connectivity index (χ0) is 25.8. The van der Waals surface area contributed by atoms with Crippen molar-refractivity contribution in [1.82, 2.24) is 9.80 Å². The quantitative estimate of drug-likeness (QED) is 0.293. The Morgan fingerprint density at radius 2 is 1.31 bits per heavy atom. The van der Waals surface area contributed by atoms with Crippen molar-refractivity contribution in [3.8, 4) is 11.1 Å². The van der Waals surface area contributed by atoms with Crippen molar-refractivity contribution in [1.29, 1.82) is 0 Å². The van der Waals surface area contributed by atoms with Gasteiger partial charge in [0.15, 0.2) is 0 Å². The van der Waals surface area contributed by atoms with Crippen molar-refractivity contribution in [3.05, 3.63) is 57.6 Å². The van der Waals surface area contributed by atoms with Gasteiger partial charge < -0.3 is 20.0 Å². The van der Waals surface area contributed by atoms with E-state index in [-0.39, 0.29) is 24.8 Å². The first-order chi connectivity index (χ1) is 18.0. The van der Waals surface area contributed by atoms with Crippen LogP contribution in [0, 0.1) is 0 Å². The van der Waals surface area contributed by atoms with Gasteiger partial charge in [-0.15, -0.1) is 24.8 Å². The molecule has 0 atom stereocenters. The molecule has 2 aromatic rings. The normalized spacial score (nSPS) is 17.0. The highest BCUT2D eigenvalue weighted by molar-refractivity contribution is 5.95. The lowest BCUT2D eigenvalue weighted by Gasteiger charge is -2.27. The Morgan fingerprint density at radius 1 is 0.718 bits per heavy atom. The predicted octanol–water partition coefficient (Wildman–Crippen LogP) is 6.33. The number of benzene rings is 2. The minimum absolute atomic E-state index is 0. The van der Waals surface area contributed by atoms with Crippen molar-refractivity contribution < 1.29 is 19.8 Å². The highest BCUT2D eigenvalue weighted by atomic mass is 35.5. The van der Waals surface area contributed by atoms with Crippen LogP contribution >= 0.6 is 24.8 Å². The molecule has 2 fully saturated rings. The fourth-order valence-electron chi connectivity index (χ4n) is 6.69. The van der Waals surface area contributed by atoms with Crippen LogP contribution in [0.15, 0.2) is 24.3 Å². The average Bonchev–Trinajstić information content (AvgIpc) is 3.27. The molecule has 2 aromatic carbocycles. The SMILES string of the molecule is Cl.Cl.O=C(O)c1ccc2c(c1)Cc1c-2cc(CCCN2CCCCC2)c(C(=O)O)c1CCCN1CCCCC1. The molecule has 0 radical (unpaired) electrons. The molecule has 39 heavy (non-hydrogen) atoms. The third-order valence-corrected chi connectivity index (χ3v) is 8.57. The highest BCUT2D eigenvalue weighted by Crippen LogP contribution is 2.42. The van der Waals surface area contributed by atoms with Crippen LogP contribution in [0.2, 0.25) is 0 Å². The second kappa shape index (κ2) is 14.5. The van der Waals surface area contributed by atoms with Crippen molar-refractivity contribution in [2.24, 2.45) is 0 Å². The zero-order valence-corrected chi connectivity index (χ0v) is 24.4. The molecule has 0 amide bonds. The first-order valence-corrected chi connectivity index (χ1v) is 14.2. The topological polar surface area (TPSA) is 81.1 Å². The molecular weight excluding hydrogens is 535 g/mol. The van der Waals surface area contributed by atoms with Crippen LogP contribution in [0.25, 0.3) is 11.1 Å². The number of piperidine rings is 2. The maximum Gasteiger partial charge on any atom is 0.336 e.